The molecule has 0 saturated heterocycles. The molecule has 0 fully saturated rings. The van der Waals surface area contributed by atoms with Gasteiger partial charge in [-0.15, -0.1) is 0 Å². The van der Waals surface area contributed by atoms with Gasteiger partial charge in [-0.05, 0) is 36.9 Å². The number of rotatable bonds is 7. The molecule has 3 heteroatoms. The summed E-state index contributed by atoms with van der Waals surface area (Å²) in [6, 6.07) is 8.20. The molecule has 90 valence electrons. The highest BCUT2D eigenvalue weighted by Gasteiger charge is 2.04. The fourth-order valence-corrected chi connectivity index (χ4v) is 2.13. The van der Waals surface area contributed by atoms with E-state index in [2.05, 4.69) is 30.2 Å². The van der Waals surface area contributed by atoms with E-state index in [1.54, 1.807) is 0 Å². The summed E-state index contributed by atoms with van der Waals surface area (Å²) in [6.07, 6.45) is 3.37. The molecule has 1 aromatic rings. The average molecular weight is 238 g/mol. The Hall–Kier alpha value is -0.670. The summed E-state index contributed by atoms with van der Waals surface area (Å²) in [4.78, 5) is 2.50. The van der Waals surface area contributed by atoms with Crippen molar-refractivity contribution < 1.29 is 0 Å². The predicted octanol–water partition coefficient (Wildman–Crippen LogP) is 2.84. The van der Waals surface area contributed by atoms with Gasteiger partial charge in [-0.1, -0.05) is 19.1 Å². The Bertz CT molecular complexity index is 284. The van der Waals surface area contributed by atoms with E-state index in [9.17, 15) is 0 Å². The third-order valence-electron chi connectivity index (χ3n) is 2.54. The first-order chi connectivity index (χ1) is 7.76. The van der Waals surface area contributed by atoms with Crippen LogP contribution in [0, 0.1) is 0 Å². The lowest BCUT2D eigenvalue weighted by Gasteiger charge is -2.21. The molecule has 2 N–H and O–H groups in total. The number of benzene rings is 1. The summed E-state index contributed by atoms with van der Waals surface area (Å²) in [5, 5.41) is 0. The van der Waals surface area contributed by atoms with E-state index in [1.807, 2.05) is 23.9 Å². The second-order valence-electron chi connectivity index (χ2n) is 4.01. The van der Waals surface area contributed by atoms with Crippen LogP contribution in [-0.4, -0.2) is 30.0 Å². The topological polar surface area (TPSA) is 29.3 Å². The van der Waals surface area contributed by atoms with Crippen LogP contribution in [0.5, 0.6) is 0 Å². The van der Waals surface area contributed by atoms with Gasteiger partial charge in [0, 0.05) is 24.5 Å². The number of nitrogens with zero attached hydrogens (tertiary/aromatic N) is 1. The van der Waals surface area contributed by atoms with E-state index >= 15 is 0 Å². The molecule has 0 radical (unpaired) electrons. The Kier molecular flexibility index (Phi) is 6.34. The van der Waals surface area contributed by atoms with Crippen LogP contribution < -0.4 is 5.73 Å². The average Bonchev–Trinajstić information content (AvgIpc) is 2.29. The standard InChI is InChI=1S/C13H22N2S/c1-3-8-15(9-10-16-2)11-12-4-6-13(14)7-5-12/h4-7H,3,8-11,14H2,1-2H3. The zero-order chi connectivity index (χ0) is 11.8. The van der Waals surface area contributed by atoms with Crippen molar-refractivity contribution >= 4 is 17.4 Å². The van der Waals surface area contributed by atoms with Crippen LogP contribution in [0.1, 0.15) is 18.9 Å². The summed E-state index contributed by atoms with van der Waals surface area (Å²) in [5.74, 6) is 1.20. The summed E-state index contributed by atoms with van der Waals surface area (Å²) in [5.41, 5.74) is 7.87. The number of nitrogens with two attached hydrogens (primary N) is 1. The summed E-state index contributed by atoms with van der Waals surface area (Å²) < 4.78 is 0. The minimum absolute atomic E-state index is 0.843. The highest BCUT2D eigenvalue weighted by atomic mass is 32.2. The van der Waals surface area contributed by atoms with E-state index in [4.69, 9.17) is 5.73 Å². The van der Waals surface area contributed by atoms with Crippen LogP contribution >= 0.6 is 11.8 Å². The molecular weight excluding hydrogens is 216 g/mol. The molecule has 2 nitrogen and oxygen atoms in total. The third kappa shape index (κ3) is 4.90. The predicted molar refractivity (Wildman–Crippen MR) is 74.8 cm³/mol. The molecule has 1 aromatic carbocycles. The quantitative estimate of drug-likeness (QED) is 0.741. The van der Waals surface area contributed by atoms with Crippen LogP contribution in [0.15, 0.2) is 24.3 Å². The maximum atomic E-state index is 5.68. The molecule has 0 heterocycles. The molecule has 0 aliphatic heterocycles. The molecule has 0 atom stereocenters. The van der Waals surface area contributed by atoms with Gasteiger partial charge in [-0.2, -0.15) is 11.8 Å². The number of nitrogen functional groups attached to an aromatic ring is 1. The molecule has 0 aliphatic rings. The van der Waals surface area contributed by atoms with Gasteiger partial charge in [-0.25, -0.2) is 0 Å². The first kappa shape index (κ1) is 13.4. The molecule has 0 spiro atoms. The van der Waals surface area contributed by atoms with Gasteiger partial charge >= 0.3 is 0 Å². The Balaban J connectivity index is 2.49. The Morgan fingerprint density at radius 3 is 2.44 bits per heavy atom. The SMILES string of the molecule is CCCN(CCSC)Cc1ccc(N)cc1. The Labute approximate surface area is 103 Å². The van der Waals surface area contributed by atoms with Gasteiger partial charge in [0.1, 0.15) is 0 Å². The van der Waals surface area contributed by atoms with Gasteiger partial charge < -0.3 is 5.73 Å². The monoisotopic (exact) mass is 238 g/mol. The highest BCUT2D eigenvalue weighted by molar-refractivity contribution is 7.98. The molecule has 0 aliphatic carbocycles. The maximum Gasteiger partial charge on any atom is 0.0314 e. The van der Waals surface area contributed by atoms with E-state index in [0.29, 0.717) is 0 Å². The van der Waals surface area contributed by atoms with Crippen LogP contribution in [-0.2, 0) is 6.54 Å². The zero-order valence-electron chi connectivity index (χ0n) is 10.3. The fraction of sp³-hybridized carbons (Fsp3) is 0.538. The van der Waals surface area contributed by atoms with E-state index in [1.165, 1.54) is 30.8 Å². The van der Waals surface area contributed by atoms with Crippen molar-refractivity contribution in [1.82, 2.24) is 4.90 Å². The second kappa shape index (κ2) is 7.58. The molecule has 0 bridgehead atoms. The van der Waals surface area contributed by atoms with Gasteiger partial charge in [0.15, 0.2) is 0 Å². The normalized spacial score (nSPS) is 10.9. The van der Waals surface area contributed by atoms with Crippen molar-refractivity contribution in [2.75, 3.05) is 30.8 Å². The fourth-order valence-electron chi connectivity index (χ4n) is 1.69. The van der Waals surface area contributed by atoms with E-state index in [0.717, 1.165) is 12.2 Å². The van der Waals surface area contributed by atoms with Crippen molar-refractivity contribution in [3.63, 3.8) is 0 Å². The number of hydrogen-bond donors (Lipinski definition) is 1. The molecule has 1 rings (SSSR count). The van der Waals surface area contributed by atoms with Gasteiger partial charge in [0.05, 0.1) is 0 Å². The van der Waals surface area contributed by atoms with Gasteiger partial charge in [-0.3, -0.25) is 4.90 Å². The minimum Gasteiger partial charge on any atom is -0.399 e. The second-order valence-corrected chi connectivity index (χ2v) is 5.00. The molecule has 16 heavy (non-hydrogen) atoms. The van der Waals surface area contributed by atoms with E-state index in [-0.39, 0.29) is 0 Å². The molecule has 0 aromatic heterocycles. The van der Waals surface area contributed by atoms with Gasteiger partial charge in [0.25, 0.3) is 0 Å². The minimum atomic E-state index is 0.843. The molecular formula is C13H22N2S. The maximum absolute atomic E-state index is 5.68. The molecule has 0 unspecified atom stereocenters. The molecule has 0 amide bonds. The number of hydrogen-bond acceptors (Lipinski definition) is 3. The van der Waals surface area contributed by atoms with Crippen LogP contribution in [0.25, 0.3) is 0 Å². The first-order valence-corrected chi connectivity index (χ1v) is 7.21. The van der Waals surface area contributed by atoms with Crippen molar-refractivity contribution in [2.45, 2.75) is 19.9 Å². The van der Waals surface area contributed by atoms with Crippen LogP contribution in [0.4, 0.5) is 5.69 Å². The summed E-state index contributed by atoms with van der Waals surface area (Å²) in [6.45, 7) is 5.61. The van der Waals surface area contributed by atoms with Crippen LogP contribution in [0.2, 0.25) is 0 Å². The first-order valence-electron chi connectivity index (χ1n) is 5.82. The van der Waals surface area contributed by atoms with Crippen molar-refractivity contribution in [3.05, 3.63) is 29.8 Å². The Morgan fingerprint density at radius 2 is 1.88 bits per heavy atom. The van der Waals surface area contributed by atoms with Crippen molar-refractivity contribution in [3.8, 4) is 0 Å². The smallest absolute Gasteiger partial charge is 0.0314 e. The summed E-state index contributed by atoms with van der Waals surface area (Å²) in [7, 11) is 0. The lowest BCUT2D eigenvalue weighted by molar-refractivity contribution is 0.283. The van der Waals surface area contributed by atoms with E-state index < -0.39 is 0 Å². The zero-order valence-corrected chi connectivity index (χ0v) is 11.1. The Morgan fingerprint density at radius 1 is 1.19 bits per heavy atom. The number of anilines is 1. The van der Waals surface area contributed by atoms with Crippen molar-refractivity contribution in [2.24, 2.45) is 0 Å². The van der Waals surface area contributed by atoms with Crippen LogP contribution in [0.3, 0.4) is 0 Å². The third-order valence-corrected chi connectivity index (χ3v) is 3.13. The lowest BCUT2D eigenvalue weighted by atomic mass is 10.2. The summed E-state index contributed by atoms with van der Waals surface area (Å²) >= 11 is 1.91. The lowest BCUT2D eigenvalue weighted by Crippen LogP contribution is -2.26. The largest absolute Gasteiger partial charge is 0.399 e. The van der Waals surface area contributed by atoms with Gasteiger partial charge in [0.2, 0.25) is 0 Å². The molecule has 0 saturated carbocycles. The number of thioether (sulfide) groups is 1. The highest BCUT2D eigenvalue weighted by Crippen LogP contribution is 2.09. The van der Waals surface area contributed by atoms with Crippen molar-refractivity contribution in [1.29, 1.82) is 0 Å².